The number of hydrogen-bond donors (Lipinski definition) is 2. The first kappa shape index (κ1) is 17.8. The summed E-state index contributed by atoms with van der Waals surface area (Å²) >= 11 is 11.1. The van der Waals surface area contributed by atoms with E-state index in [0.29, 0.717) is 16.3 Å². The first-order valence-corrected chi connectivity index (χ1v) is 7.90. The quantitative estimate of drug-likeness (QED) is 0.491. The van der Waals surface area contributed by atoms with Crippen LogP contribution < -0.4 is 10.6 Å². The summed E-state index contributed by atoms with van der Waals surface area (Å²) in [6, 6.07) is 14.0. The number of anilines is 1. The molecule has 0 atom stereocenters. The van der Waals surface area contributed by atoms with E-state index < -0.39 is 0 Å². The zero-order valence-corrected chi connectivity index (χ0v) is 14.4. The van der Waals surface area contributed by atoms with Crippen LogP contribution in [0.5, 0.6) is 0 Å². The van der Waals surface area contributed by atoms with Gasteiger partial charge in [-0.05, 0) is 61.1 Å². The molecule has 0 fully saturated rings. The van der Waals surface area contributed by atoms with E-state index in [1.54, 1.807) is 42.5 Å². The van der Waals surface area contributed by atoms with Crippen LogP contribution in [0.15, 0.2) is 54.6 Å². The molecule has 0 aliphatic rings. The van der Waals surface area contributed by atoms with Gasteiger partial charge in [-0.3, -0.25) is 14.9 Å². The second kappa shape index (κ2) is 8.38. The Bertz CT molecular complexity index is 801. The Balaban J connectivity index is 1.91. The fraction of sp³-hybridized carbons (Fsp3) is 0.0556. The summed E-state index contributed by atoms with van der Waals surface area (Å²) in [5.41, 5.74) is 2.03. The number of hydrogen-bond acceptors (Lipinski definition) is 3. The maximum atomic E-state index is 11.9. The molecular formula is C18H15ClN2O2S. The molecule has 0 aromatic heterocycles. The van der Waals surface area contributed by atoms with Gasteiger partial charge < -0.3 is 5.32 Å². The van der Waals surface area contributed by atoms with Gasteiger partial charge >= 0.3 is 0 Å². The van der Waals surface area contributed by atoms with Crippen molar-refractivity contribution in [1.29, 1.82) is 0 Å². The third-order valence-corrected chi connectivity index (χ3v) is 3.65. The van der Waals surface area contributed by atoms with Crippen LogP contribution >= 0.6 is 23.8 Å². The molecular weight excluding hydrogens is 344 g/mol. The van der Waals surface area contributed by atoms with Crippen LogP contribution in [0, 0.1) is 0 Å². The number of carbonyl (C=O) groups excluding carboxylic acids is 2. The van der Waals surface area contributed by atoms with E-state index in [9.17, 15) is 9.59 Å². The first-order chi connectivity index (χ1) is 11.5. The van der Waals surface area contributed by atoms with E-state index in [1.807, 2.05) is 12.1 Å². The van der Waals surface area contributed by atoms with Crippen LogP contribution in [-0.4, -0.2) is 16.8 Å². The lowest BCUT2D eigenvalue weighted by Crippen LogP contribution is -2.32. The van der Waals surface area contributed by atoms with Crippen molar-refractivity contribution in [2.75, 3.05) is 5.32 Å². The third-order valence-electron chi connectivity index (χ3n) is 3.11. The molecule has 2 rings (SSSR count). The molecule has 1 amide bonds. The van der Waals surface area contributed by atoms with Crippen LogP contribution in [0.25, 0.3) is 6.08 Å². The summed E-state index contributed by atoms with van der Waals surface area (Å²) in [4.78, 5) is 23.1. The Hall–Kier alpha value is -2.50. The Morgan fingerprint density at radius 2 is 1.75 bits per heavy atom. The molecule has 0 saturated carbocycles. The summed E-state index contributed by atoms with van der Waals surface area (Å²) in [6.07, 6.45) is 2.97. The number of Topliss-reactive ketones (excluding diaryl/α,β-unsaturated/α-hetero) is 1. The highest BCUT2D eigenvalue weighted by molar-refractivity contribution is 7.80. The Morgan fingerprint density at radius 3 is 2.38 bits per heavy atom. The Kier molecular flexibility index (Phi) is 6.23. The van der Waals surface area contributed by atoms with Gasteiger partial charge in [-0.2, -0.15) is 0 Å². The third kappa shape index (κ3) is 5.30. The van der Waals surface area contributed by atoms with Crippen molar-refractivity contribution in [2.24, 2.45) is 0 Å². The molecule has 0 heterocycles. The zero-order chi connectivity index (χ0) is 17.5. The van der Waals surface area contributed by atoms with E-state index in [2.05, 4.69) is 10.6 Å². The van der Waals surface area contributed by atoms with Crippen molar-refractivity contribution in [3.63, 3.8) is 0 Å². The summed E-state index contributed by atoms with van der Waals surface area (Å²) in [7, 11) is 0. The molecule has 6 heteroatoms. The zero-order valence-electron chi connectivity index (χ0n) is 12.9. The van der Waals surface area contributed by atoms with Gasteiger partial charge in [0, 0.05) is 22.3 Å². The number of ketones is 1. The highest BCUT2D eigenvalue weighted by Gasteiger charge is 2.03. The maximum absolute atomic E-state index is 11.9. The van der Waals surface area contributed by atoms with Gasteiger partial charge in [0.05, 0.1) is 0 Å². The van der Waals surface area contributed by atoms with E-state index in [1.165, 1.54) is 13.0 Å². The second-order valence-electron chi connectivity index (χ2n) is 4.93. The lowest BCUT2D eigenvalue weighted by Gasteiger charge is -2.08. The van der Waals surface area contributed by atoms with Crippen LogP contribution in [0.3, 0.4) is 0 Å². The standard InChI is InChI=1S/C18H15ClN2O2S/c1-12(22)13-6-9-15(10-7-13)20-18(24)21-17(23)11-8-14-4-2-3-5-16(14)19/h2-11H,1H3,(H2,20,21,23,24). The van der Waals surface area contributed by atoms with Crippen molar-refractivity contribution in [3.05, 3.63) is 70.8 Å². The van der Waals surface area contributed by atoms with Crippen LogP contribution in [0.4, 0.5) is 5.69 Å². The Morgan fingerprint density at radius 1 is 1.08 bits per heavy atom. The fourth-order valence-electron chi connectivity index (χ4n) is 1.88. The van der Waals surface area contributed by atoms with Crippen molar-refractivity contribution in [3.8, 4) is 0 Å². The second-order valence-corrected chi connectivity index (χ2v) is 5.75. The highest BCUT2D eigenvalue weighted by atomic mass is 35.5. The lowest BCUT2D eigenvalue weighted by molar-refractivity contribution is -0.115. The van der Waals surface area contributed by atoms with Gasteiger partial charge in [0.2, 0.25) is 5.91 Å². The molecule has 0 unspecified atom stereocenters. The average molecular weight is 359 g/mol. The van der Waals surface area contributed by atoms with E-state index in [4.69, 9.17) is 23.8 Å². The number of thiocarbonyl (C=S) groups is 1. The number of carbonyl (C=O) groups is 2. The van der Waals surface area contributed by atoms with Gasteiger partial charge in [0.25, 0.3) is 0 Å². The van der Waals surface area contributed by atoms with Gasteiger partial charge in [-0.1, -0.05) is 29.8 Å². The molecule has 122 valence electrons. The molecule has 0 aliphatic heterocycles. The number of halogens is 1. The van der Waals surface area contributed by atoms with Gasteiger partial charge in [-0.15, -0.1) is 0 Å². The summed E-state index contributed by atoms with van der Waals surface area (Å²) in [6.45, 7) is 1.50. The molecule has 0 spiro atoms. The van der Waals surface area contributed by atoms with Crippen molar-refractivity contribution < 1.29 is 9.59 Å². The maximum Gasteiger partial charge on any atom is 0.250 e. The van der Waals surface area contributed by atoms with E-state index in [-0.39, 0.29) is 16.8 Å². The molecule has 4 nitrogen and oxygen atoms in total. The molecule has 0 radical (unpaired) electrons. The minimum absolute atomic E-state index is 0.0119. The molecule has 0 aliphatic carbocycles. The normalized spacial score (nSPS) is 10.4. The molecule has 2 aromatic rings. The molecule has 2 N–H and O–H groups in total. The van der Waals surface area contributed by atoms with Gasteiger partial charge in [0.1, 0.15) is 0 Å². The smallest absolute Gasteiger partial charge is 0.250 e. The summed E-state index contributed by atoms with van der Waals surface area (Å²) < 4.78 is 0. The SMILES string of the molecule is CC(=O)c1ccc(NC(=S)NC(=O)C=Cc2ccccc2Cl)cc1. The van der Waals surface area contributed by atoms with Gasteiger partial charge in [-0.25, -0.2) is 0 Å². The molecule has 0 bridgehead atoms. The summed E-state index contributed by atoms with van der Waals surface area (Å²) in [5, 5.41) is 6.15. The van der Waals surface area contributed by atoms with Crippen LogP contribution in [-0.2, 0) is 4.79 Å². The molecule has 2 aromatic carbocycles. The number of amides is 1. The predicted molar refractivity (Wildman–Crippen MR) is 101 cm³/mol. The van der Waals surface area contributed by atoms with E-state index >= 15 is 0 Å². The van der Waals surface area contributed by atoms with Crippen LogP contribution in [0.2, 0.25) is 5.02 Å². The fourth-order valence-corrected chi connectivity index (χ4v) is 2.30. The molecule has 24 heavy (non-hydrogen) atoms. The van der Waals surface area contributed by atoms with Crippen LogP contribution in [0.1, 0.15) is 22.8 Å². The summed E-state index contributed by atoms with van der Waals surface area (Å²) in [5.74, 6) is -0.380. The van der Waals surface area contributed by atoms with Gasteiger partial charge in [0.15, 0.2) is 10.9 Å². The Labute approximate surface area is 150 Å². The largest absolute Gasteiger partial charge is 0.332 e. The first-order valence-electron chi connectivity index (χ1n) is 7.11. The minimum Gasteiger partial charge on any atom is -0.332 e. The van der Waals surface area contributed by atoms with E-state index in [0.717, 1.165) is 5.56 Å². The lowest BCUT2D eigenvalue weighted by atomic mass is 10.1. The molecule has 0 saturated heterocycles. The number of nitrogens with one attached hydrogen (secondary N) is 2. The van der Waals surface area contributed by atoms with Crippen molar-refractivity contribution >= 4 is 52.4 Å². The number of rotatable bonds is 4. The number of benzene rings is 2. The highest BCUT2D eigenvalue weighted by Crippen LogP contribution is 2.16. The van der Waals surface area contributed by atoms with Crippen molar-refractivity contribution in [2.45, 2.75) is 6.92 Å². The average Bonchev–Trinajstić information content (AvgIpc) is 2.54. The van der Waals surface area contributed by atoms with Crippen molar-refractivity contribution in [1.82, 2.24) is 5.32 Å². The predicted octanol–water partition coefficient (Wildman–Crippen LogP) is 4.07. The minimum atomic E-state index is -0.368. The topological polar surface area (TPSA) is 58.2 Å². The monoisotopic (exact) mass is 358 g/mol.